The number of nitrogens with zero attached hydrogens (tertiary/aromatic N) is 3. The predicted octanol–water partition coefficient (Wildman–Crippen LogP) is 3.94. The molecule has 0 fully saturated rings. The highest BCUT2D eigenvalue weighted by Crippen LogP contribution is 2.32. The van der Waals surface area contributed by atoms with Crippen molar-refractivity contribution >= 4 is 18.4 Å². The molecule has 114 valence electrons. The molecule has 21 heavy (non-hydrogen) atoms. The molecule has 1 aliphatic rings. The molecular formula is C17H26N4. The molecule has 0 amide bonds. The van der Waals surface area contributed by atoms with Gasteiger partial charge in [-0.1, -0.05) is 47.6 Å². The summed E-state index contributed by atoms with van der Waals surface area (Å²) in [4.78, 5) is 8.18. The summed E-state index contributed by atoms with van der Waals surface area (Å²) in [6.07, 6.45) is 3.33. The molecule has 0 saturated heterocycles. The van der Waals surface area contributed by atoms with Crippen LogP contribution in [0, 0.1) is 0 Å². The molecule has 1 N–H and O–H groups in total. The molecule has 0 aromatic heterocycles. The van der Waals surface area contributed by atoms with Gasteiger partial charge in [0.25, 0.3) is 0 Å². The Hall–Kier alpha value is -1.84. The monoisotopic (exact) mass is 286 g/mol. The van der Waals surface area contributed by atoms with Gasteiger partial charge in [-0.15, -0.1) is 0 Å². The van der Waals surface area contributed by atoms with Crippen LogP contribution in [0.15, 0.2) is 28.2 Å². The number of anilines is 1. The summed E-state index contributed by atoms with van der Waals surface area (Å²) < 4.78 is 0. The van der Waals surface area contributed by atoms with Crippen LogP contribution in [0.1, 0.15) is 52.7 Å². The molecule has 4 nitrogen and oxygen atoms in total. The van der Waals surface area contributed by atoms with E-state index in [1.165, 1.54) is 11.1 Å². The molecule has 0 saturated carbocycles. The van der Waals surface area contributed by atoms with Crippen molar-refractivity contribution < 1.29 is 0 Å². The molecule has 2 rings (SSSR count). The third-order valence-corrected chi connectivity index (χ3v) is 3.53. The van der Waals surface area contributed by atoms with E-state index in [0.29, 0.717) is 6.67 Å². The summed E-state index contributed by atoms with van der Waals surface area (Å²) in [5.41, 5.74) is 7.35. The maximum absolute atomic E-state index is 4.14. The van der Waals surface area contributed by atoms with E-state index < -0.39 is 0 Å². The van der Waals surface area contributed by atoms with Crippen LogP contribution in [0.2, 0.25) is 0 Å². The fraction of sp³-hybridized carbons (Fsp3) is 0.529. The van der Waals surface area contributed by atoms with E-state index in [9.17, 15) is 0 Å². The van der Waals surface area contributed by atoms with Gasteiger partial charge < -0.3 is 0 Å². The first kappa shape index (κ1) is 15.5. The van der Waals surface area contributed by atoms with Crippen molar-refractivity contribution in [3.05, 3.63) is 29.3 Å². The summed E-state index contributed by atoms with van der Waals surface area (Å²) in [6, 6.07) is 6.73. The number of rotatable bonds is 2. The molecule has 4 heteroatoms. The Morgan fingerprint density at radius 2 is 1.52 bits per heavy atom. The van der Waals surface area contributed by atoms with E-state index in [1.807, 2.05) is 5.01 Å². The number of hydrogen-bond acceptors (Lipinski definition) is 4. The molecule has 1 heterocycles. The molecule has 1 aromatic rings. The van der Waals surface area contributed by atoms with Crippen LogP contribution in [0.25, 0.3) is 0 Å². The zero-order valence-electron chi connectivity index (χ0n) is 13.9. The summed E-state index contributed by atoms with van der Waals surface area (Å²) >= 11 is 0. The minimum Gasteiger partial charge on any atom is -0.296 e. The average Bonchev–Trinajstić information content (AvgIpc) is 2.37. The average molecular weight is 286 g/mol. The molecule has 0 radical (unpaired) electrons. The highest BCUT2D eigenvalue weighted by molar-refractivity contribution is 5.74. The van der Waals surface area contributed by atoms with E-state index in [-0.39, 0.29) is 10.8 Å². The first-order valence-corrected chi connectivity index (χ1v) is 7.37. The second-order valence-electron chi connectivity index (χ2n) is 7.58. The number of nitrogens with one attached hydrogen (secondary N) is 1. The quantitative estimate of drug-likeness (QED) is 0.894. The Labute approximate surface area is 128 Å². The van der Waals surface area contributed by atoms with Crippen LogP contribution in [-0.2, 0) is 10.8 Å². The van der Waals surface area contributed by atoms with Gasteiger partial charge in [-0.05, 0) is 34.1 Å². The van der Waals surface area contributed by atoms with Crippen LogP contribution in [-0.4, -0.2) is 24.4 Å². The first-order chi connectivity index (χ1) is 9.66. The summed E-state index contributed by atoms with van der Waals surface area (Å²) in [5.74, 6) is 0. The molecule has 0 spiro atoms. The van der Waals surface area contributed by atoms with Gasteiger partial charge in [-0.25, -0.2) is 4.99 Å². The van der Waals surface area contributed by atoms with Crippen LogP contribution in [0.4, 0.5) is 5.69 Å². The van der Waals surface area contributed by atoms with Crippen molar-refractivity contribution in [3.63, 3.8) is 0 Å². The Morgan fingerprint density at radius 1 is 0.952 bits per heavy atom. The molecule has 0 bridgehead atoms. The standard InChI is InChI=1S/C17H26N4/c1-16(2,3)13-7-14(17(4,5)6)9-15(8-13)20-21-11-18-10-19-12-21/h7-11,20H,12H2,1-6H3. The highest BCUT2D eigenvalue weighted by Gasteiger charge is 2.20. The Bertz CT molecular complexity index is 527. The van der Waals surface area contributed by atoms with Crippen LogP contribution in [0.3, 0.4) is 0 Å². The van der Waals surface area contributed by atoms with Gasteiger partial charge in [-0.2, -0.15) is 0 Å². The summed E-state index contributed by atoms with van der Waals surface area (Å²) in [7, 11) is 0. The fourth-order valence-electron chi connectivity index (χ4n) is 2.11. The molecular weight excluding hydrogens is 260 g/mol. The van der Waals surface area contributed by atoms with Crippen molar-refractivity contribution in [1.29, 1.82) is 0 Å². The van der Waals surface area contributed by atoms with Crippen LogP contribution in [0.5, 0.6) is 0 Å². The van der Waals surface area contributed by atoms with Gasteiger partial charge in [0.05, 0.1) is 5.69 Å². The van der Waals surface area contributed by atoms with E-state index in [0.717, 1.165) is 5.69 Å². The number of benzene rings is 1. The SMILES string of the molecule is CC(C)(C)c1cc(NN2C=NC=NC2)cc(C(C)(C)C)c1. The molecule has 1 aliphatic heterocycles. The van der Waals surface area contributed by atoms with Gasteiger partial charge in [0.1, 0.15) is 19.3 Å². The lowest BCUT2D eigenvalue weighted by molar-refractivity contribution is 0.521. The molecule has 1 aromatic carbocycles. The van der Waals surface area contributed by atoms with E-state index in [1.54, 1.807) is 12.7 Å². The smallest absolute Gasteiger partial charge is 0.132 e. The van der Waals surface area contributed by atoms with E-state index in [4.69, 9.17) is 0 Å². The third-order valence-electron chi connectivity index (χ3n) is 3.53. The predicted molar refractivity (Wildman–Crippen MR) is 91.2 cm³/mol. The molecule has 0 atom stereocenters. The van der Waals surface area contributed by atoms with Gasteiger partial charge in [0, 0.05) is 0 Å². The normalized spacial score (nSPS) is 15.4. The summed E-state index contributed by atoms with van der Waals surface area (Å²) in [6.45, 7) is 14.0. The van der Waals surface area contributed by atoms with Gasteiger partial charge in [0.2, 0.25) is 0 Å². The second-order valence-corrected chi connectivity index (χ2v) is 7.58. The minimum absolute atomic E-state index is 0.117. The topological polar surface area (TPSA) is 40.0 Å². The van der Waals surface area contributed by atoms with Crippen molar-refractivity contribution in [3.8, 4) is 0 Å². The molecule has 0 unspecified atom stereocenters. The Kier molecular flexibility index (Phi) is 4.08. The van der Waals surface area contributed by atoms with Crippen molar-refractivity contribution in [2.24, 2.45) is 9.98 Å². The number of hydrazine groups is 1. The Morgan fingerprint density at radius 3 is 1.95 bits per heavy atom. The van der Waals surface area contributed by atoms with Gasteiger partial charge in [-0.3, -0.25) is 15.4 Å². The lowest BCUT2D eigenvalue weighted by atomic mass is 9.80. The highest BCUT2D eigenvalue weighted by atomic mass is 15.5. The third kappa shape index (κ3) is 4.06. The van der Waals surface area contributed by atoms with Crippen molar-refractivity contribution in [2.45, 2.75) is 52.4 Å². The lowest BCUT2D eigenvalue weighted by Gasteiger charge is -2.28. The first-order valence-electron chi connectivity index (χ1n) is 7.37. The Balaban J connectivity index is 2.35. The zero-order chi connectivity index (χ0) is 15.7. The van der Waals surface area contributed by atoms with Crippen molar-refractivity contribution in [2.75, 3.05) is 12.1 Å². The zero-order valence-corrected chi connectivity index (χ0v) is 13.9. The maximum Gasteiger partial charge on any atom is 0.132 e. The van der Waals surface area contributed by atoms with Crippen LogP contribution >= 0.6 is 0 Å². The maximum atomic E-state index is 4.14. The molecule has 0 aliphatic carbocycles. The summed E-state index contributed by atoms with van der Waals surface area (Å²) in [5, 5.41) is 1.88. The lowest BCUT2D eigenvalue weighted by Crippen LogP contribution is -2.31. The second kappa shape index (κ2) is 5.51. The van der Waals surface area contributed by atoms with Crippen molar-refractivity contribution in [1.82, 2.24) is 5.01 Å². The fourth-order valence-corrected chi connectivity index (χ4v) is 2.11. The van der Waals surface area contributed by atoms with E-state index >= 15 is 0 Å². The van der Waals surface area contributed by atoms with Gasteiger partial charge >= 0.3 is 0 Å². The number of hydrogen-bond donors (Lipinski definition) is 1. The minimum atomic E-state index is 0.117. The van der Waals surface area contributed by atoms with Crippen LogP contribution < -0.4 is 5.43 Å². The number of aliphatic imine (C=N–C) groups is 2. The van der Waals surface area contributed by atoms with E-state index in [2.05, 4.69) is 75.2 Å². The van der Waals surface area contributed by atoms with Gasteiger partial charge in [0.15, 0.2) is 0 Å². The largest absolute Gasteiger partial charge is 0.296 e.